The van der Waals surface area contributed by atoms with Gasteiger partial charge in [-0.15, -0.1) is 0 Å². The van der Waals surface area contributed by atoms with Crippen molar-refractivity contribution in [3.8, 4) is 0 Å². The Morgan fingerprint density at radius 1 is 1.17 bits per heavy atom. The highest BCUT2D eigenvalue weighted by Crippen LogP contribution is 2.36. The van der Waals surface area contributed by atoms with Gasteiger partial charge in [0, 0.05) is 22.6 Å². The first-order valence-electron chi connectivity index (χ1n) is 9.09. The Morgan fingerprint density at radius 3 is 2.67 bits per heavy atom. The topological polar surface area (TPSA) is 92.0 Å². The molecule has 1 aliphatic rings. The number of hydrogen-bond acceptors (Lipinski definition) is 5. The summed E-state index contributed by atoms with van der Waals surface area (Å²) in [5, 5.41) is 6.36. The quantitative estimate of drug-likeness (QED) is 0.636. The zero-order valence-corrected chi connectivity index (χ0v) is 17.5. The zero-order valence-electron chi connectivity index (χ0n) is 15.9. The fraction of sp³-hybridized carbons (Fsp3) is 0.143. The molecule has 1 aromatic heterocycles. The molecule has 154 valence electrons. The van der Waals surface area contributed by atoms with E-state index in [1.165, 1.54) is 11.3 Å². The summed E-state index contributed by atoms with van der Waals surface area (Å²) in [5.41, 5.74) is 1.96. The monoisotopic (exact) mass is 443 g/mol. The molecular weight excluding hydrogens is 426 g/mol. The van der Waals surface area contributed by atoms with Crippen molar-refractivity contribution in [2.75, 3.05) is 11.0 Å². The minimum Gasteiger partial charge on any atom is -0.467 e. The number of nitrogens with one attached hydrogen (secondary N) is 1. The first kappa shape index (κ1) is 20.2. The van der Waals surface area contributed by atoms with Gasteiger partial charge in [0.1, 0.15) is 11.8 Å². The lowest BCUT2D eigenvalue weighted by atomic mass is 10.0. The number of hydrazone groups is 1. The van der Waals surface area contributed by atoms with Crippen LogP contribution in [0.1, 0.15) is 34.1 Å². The Labute approximate surface area is 179 Å². The van der Waals surface area contributed by atoms with Crippen LogP contribution in [-0.2, 0) is 10.0 Å². The van der Waals surface area contributed by atoms with Crippen molar-refractivity contribution in [2.45, 2.75) is 12.5 Å². The van der Waals surface area contributed by atoms with Gasteiger partial charge in [0.25, 0.3) is 5.91 Å². The molecule has 0 saturated carbocycles. The van der Waals surface area contributed by atoms with Gasteiger partial charge < -0.3 is 4.42 Å². The van der Waals surface area contributed by atoms with Crippen LogP contribution >= 0.6 is 11.6 Å². The standard InChI is InChI=1S/C21H18ClN3O4S/c1-30(27,28)24-17-9-3-2-8-16(17)18-13-19(20-10-5-11-29-20)25(23-18)21(26)14-6-4-7-15(22)12-14/h2-12,19,24H,13H2,1H3/t19-/m1/s1. The second-order valence-corrected chi connectivity index (χ2v) is 9.05. The van der Waals surface area contributed by atoms with E-state index in [2.05, 4.69) is 9.82 Å². The van der Waals surface area contributed by atoms with E-state index in [4.69, 9.17) is 16.0 Å². The van der Waals surface area contributed by atoms with Crippen molar-refractivity contribution >= 4 is 38.9 Å². The van der Waals surface area contributed by atoms with Crippen molar-refractivity contribution in [3.63, 3.8) is 0 Å². The highest BCUT2D eigenvalue weighted by molar-refractivity contribution is 7.92. The van der Waals surface area contributed by atoms with Crippen LogP contribution in [0, 0.1) is 0 Å². The number of sulfonamides is 1. The molecule has 0 fully saturated rings. The largest absolute Gasteiger partial charge is 0.467 e. The van der Waals surface area contributed by atoms with E-state index >= 15 is 0 Å². The molecule has 1 N–H and O–H groups in total. The van der Waals surface area contributed by atoms with Gasteiger partial charge in [0.05, 0.1) is 23.9 Å². The summed E-state index contributed by atoms with van der Waals surface area (Å²) in [6.07, 6.45) is 2.98. The molecule has 0 spiro atoms. The number of carbonyl (C=O) groups excluding carboxylic acids is 1. The number of furan rings is 1. The molecule has 2 heterocycles. The molecule has 1 atom stereocenters. The Balaban J connectivity index is 1.76. The summed E-state index contributed by atoms with van der Waals surface area (Å²) in [5.74, 6) is 0.250. The van der Waals surface area contributed by atoms with Gasteiger partial charge >= 0.3 is 0 Å². The molecule has 0 unspecified atom stereocenters. The van der Waals surface area contributed by atoms with Gasteiger partial charge in [-0.05, 0) is 36.4 Å². The molecule has 1 aliphatic heterocycles. The lowest BCUT2D eigenvalue weighted by molar-refractivity contribution is 0.0693. The van der Waals surface area contributed by atoms with E-state index in [9.17, 15) is 13.2 Å². The maximum absolute atomic E-state index is 13.2. The number of amides is 1. The van der Waals surface area contributed by atoms with E-state index in [0.29, 0.717) is 39.7 Å². The molecule has 1 amide bonds. The van der Waals surface area contributed by atoms with Gasteiger partial charge in [-0.3, -0.25) is 9.52 Å². The SMILES string of the molecule is CS(=O)(=O)Nc1ccccc1C1=NN(C(=O)c2cccc(Cl)c2)[C@@H](c2ccco2)C1. The Morgan fingerprint density at radius 2 is 1.97 bits per heavy atom. The predicted octanol–water partition coefficient (Wildman–Crippen LogP) is 4.30. The summed E-state index contributed by atoms with van der Waals surface area (Å²) >= 11 is 6.05. The van der Waals surface area contributed by atoms with Gasteiger partial charge in [-0.25, -0.2) is 13.4 Å². The molecule has 30 heavy (non-hydrogen) atoms. The third-order valence-corrected chi connectivity index (χ3v) is 5.42. The second-order valence-electron chi connectivity index (χ2n) is 6.86. The van der Waals surface area contributed by atoms with E-state index in [1.54, 1.807) is 60.7 Å². The van der Waals surface area contributed by atoms with Gasteiger partial charge in [-0.2, -0.15) is 5.10 Å². The van der Waals surface area contributed by atoms with Crippen LogP contribution in [0.4, 0.5) is 5.69 Å². The zero-order chi connectivity index (χ0) is 21.3. The fourth-order valence-corrected chi connectivity index (χ4v) is 4.11. The molecule has 0 bridgehead atoms. The van der Waals surface area contributed by atoms with Crippen LogP contribution in [0.15, 0.2) is 76.4 Å². The lowest BCUT2D eigenvalue weighted by Crippen LogP contribution is -2.26. The molecule has 0 radical (unpaired) electrons. The number of halogens is 1. The van der Waals surface area contributed by atoms with Crippen LogP contribution < -0.4 is 4.72 Å². The number of para-hydroxylation sites is 1. The third-order valence-electron chi connectivity index (χ3n) is 4.59. The molecule has 2 aromatic carbocycles. The highest BCUT2D eigenvalue weighted by Gasteiger charge is 2.36. The smallest absolute Gasteiger partial charge is 0.274 e. The molecule has 3 aromatic rings. The summed E-state index contributed by atoms with van der Waals surface area (Å²) in [4.78, 5) is 13.2. The van der Waals surface area contributed by atoms with Crippen LogP contribution in [0.5, 0.6) is 0 Å². The van der Waals surface area contributed by atoms with E-state index in [1.807, 2.05) is 0 Å². The van der Waals surface area contributed by atoms with Crippen LogP contribution in [0.3, 0.4) is 0 Å². The predicted molar refractivity (Wildman–Crippen MR) is 115 cm³/mol. The minimum atomic E-state index is -3.48. The van der Waals surface area contributed by atoms with Crippen molar-refractivity contribution in [3.05, 3.63) is 88.8 Å². The van der Waals surface area contributed by atoms with E-state index in [0.717, 1.165) is 6.26 Å². The van der Waals surface area contributed by atoms with Gasteiger partial charge in [-0.1, -0.05) is 35.9 Å². The Bertz CT molecular complexity index is 1220. The number of hydrogen-bond donors (Lipinski definition) is 1. The number of carbonyl (C=O) groups is 1. The Hall–Kier alpha value is -3.10. The number of nitrogens with zero attached hydrogens (tertiary/aromatic N) is 2. The summed E-state index contributed by atoms with van der Waals surface area (Å²) < 4.78 is 31.6. The Kier molecular flexibility index (Phi) is 5.36. The average Bonchev–Trinajstić information content (AvgIpc) is 3.36. The number of benzene rings is 2. The highest BCUT2D eigenvalue weighted by atomic mass is 35.5. The number of anilines is 1. The van der Waals surface area contributed by atoms with Gasteiger partial charge in [0.2, 0.25) is 10.0 Å². The van der Waals surface area contributed by atoms with E-state index < -0.39 is 16.1 Å². The van der Waals surface area contributed by atoms with Crippen molar-refractivity contribution in [1.29, 1.82) is 0 Å². The molecule has 4 rings (SSSR count). The van der Waals surface area contributed by atoms with Crippen molar-refractivity contribution < 1.29 is 17.6 Å². The minimum absolute atomic E-state index is 0.331. The van der Waals surface area contributed by atoms with Crippen molar-refractivity contribution in [2.24, 2.45) is 5.10 Å². The molecule has 7 nitrogen and oxygen atoms in total. The normalized spacial score (nSPS) is 16.4. The molecule has 9 heteroatoms. The molecular formula is C21H18ClN3O4S. The summed E-state index contributed by atoms with van der Waals surface area (Å²) in [7, 11) is -3.48. The average molecular weight is 444 g/mol. The maximum atomic E-state index is 13.2. The van der Waals surface area contributed by atoms with E-state index in [-0.39, 0.29) is 5.91 Å². The third kappa shape index (κ3) is 4.24. The van der Waals surface area contributed by atoms with Crippen LogP contribution in [-0.4, -0.2) is 31.3 Å². The summed E-state index contributed by atoms with van der Waals surface area (Å²) in [6.45, 7) is 0. The molecule has 0 aliphatic carbocycles. The maximum Gasteiger partial charge on any atom is 0.274 e. The summed E-state index contributed by atoms with van der Waals surface area (Å²) in [6, 6.07) is 16.6. The first-order valence-corrected chi connectivity index (χ1v) is 11.4. The fourth-order valence-electron chi connectivity index (χ4n) is 3.34. The first-order chi connectivity index (χ1) is 14.3. The van der Waals surface area contributed by atoms with Crippen LogP contribution in [0.25, 0.3) is 0 Å². The van der Waals surface area contributed by atoms with Crippen molar-refractivity contribution in [1.82, 2.24) is 5.01 Å². The lowest BCUT2D eigenvalue weighted by Gasteiger charge is -2.20. The van der Waals surface area contributed by atoms with Gasteiger partial charge in [0.15, 0.2) is 0 Å². The second kappa shape index (κ2) is 7.97. The van der Waals surface area contributed by atoms with Crippen LogP contribution in [0.2, 0.25) is 5.02 Å². The molecule has 0 saturated heterocycles. The number of rotatable bonds is 5.